The number of aromatic hydroxyl groups is 1. The van der Waals surface area contributed by atoms with Crippen molar-refractivity contribution in [2.24, 2.45) is 0 Å². The molecule has 0 aliphatic carbocycles. The summed E-state index contributed by atoms with van der Waals surface area (Å²) in [5.41, 5.74) is 0.322. The summed E-state index contributed by atoms with van der Waals surface area (Å²) in [6, 6.07) is 9.07. The van der Waals surface area contributed by atoms with Crippen LogP contribution in [0.5, 0.6) is 5.75 Å². The van der Waals surface area contributed by atoms with E-state index in [4.69, 9.17) is 16.3 Å². The lowest BCUT2D eigenvalue weighted by atomic mass is 10.2. The third kappa shape index (κ3) is 4.43. The van der Waals surface area contributed by atoms with Gasteiger partial charge in [0.25, 0.3) is 5.91 Å². The Morgan fingerprint density at radius 1 is 1.26 bits per heavy atom. The van der Waals surface area contributed by atoms with Gasteiger partial charge in [0.05, 0.1) is 16.3 Å². The fraction of sp³-hybridized carbons (Fsp3) is 0.125. The number of carbonyl (C=O) groups excluding carboxylic acids is 2. The third-order valence-corrected chi connectivity index (χ3v) is 3.24. The number of halogens is 2. The van der Waals surface area contributed by atoms with Gasteiger partial charge in [-0.1, -0.05) is 17.7 Å². The van der Waals surface area contributed by atoms with Gasteiger partial charge in [0, 0.05) is 0 Å². The van der Waals surface area contributed by atoms with Gasteiger partial charge >= 0.3 is 5.97 Å². The van der Waals surface area contributed by atoms with Crippen LogP contribution in [0.4, 0.5) is 10.1 Å². The summed E-state index contributed by atoms with van der Waals surface area (Å²) in [7, 11) is 0. The number of hydrogen-bond acceptors (Lipinski definition) is 4. The Morgan fingerprint density at radius 3 is 2.65 bits per heavy atom. The number of anilines is 1. The summed E-state index contributed by atoms with van der Waals surface area (Å²) < 4.78 is 18.0. The molecule has 0 saturated carbocycles. The molecule has 0 spiro atoms. The van der Waals surface area contributed by atoms with Gasteiger partial charge < -0.3 is 15.2 Å². The van der Waals surface area contributed by atoms with Gasteiger partial charge in [-0.25, -0.2) is 9.18 Å². The van der Waals surface area contributed by atoms with Crippen molar-refractivity contribution in [3.63, 3.8) is 0 Å². The zero-order valence-corrected chi connectivity index (χ0v) is 12.8. The van der Waals surface area contributed by atoms with E-state index in [9.17, 15) is 19.1 Å². The van der Waals surface area contributed by atoms with Crippen molar-refractivity contribution in [3.05, 3.63) is 58.9 Å². The molecule has 2 aromatic carbocycles. The first kappa shape index (κ1) is 16.8. The lowest BCUT2D eigenvalue weighted by Gasteiger charge is -2.14. The third-order valence-electron chi connectivity index (χ3n) is 2.92. The number of phenols is 1. The van der Waals surface area contributed by atoms with Crippen LogP contribution in [0.3, 0.4) is 0 Å². The van der Waals surface area contributed by atoms with Crippen LogP contribution < -0.4 is 5.32 Å². The number of carbonyl (C=O) groups is 2. The Kier molecular flexibility index (Phi) is 5.18. The second-order valence-corrected chi connectivity index (χ2v) is 5.12. The fourth-order valence-corrected chi connectivity index (χ4v) is 1.95. The maximum atomic E-state index is 12.9. The van der Waals surface area contributed by atoms with E-state index in [-0.39, 0.29) is 22.0 Å². The molecule has 2 N–H and O–H groups in total. The van der Waals surface area contributed by atoms with Crippen LogP contribution in [0.2, 0.25) is 5.02 Å². The summed E-state index contributed by atoms with van der Waals surface area (Å²) >= 11 is 5.81. The zero-order valence-electron chi connectivity index (χ0n) is 12.0. The van der Waals surface area contributed by atoms with Crippen LogP contribution in [0.25, 0.3) is 0 Å². The Morgan fingerprint density at radius 2 is 2.00 bits per heavy atom. The molecule has 1 unspecified atom stereocenters. The molecule has 0 heterocycles. The molecule has 0 aliphatic heterocycles. The molecule has 1 atom stereocenters. The minimum Gasteiger partial charge on any atom is -0.508 e. The average Bonchev–Trinajstić information content (AvgIpc) is 2.49. The van der Waals surface area contributed by atoms with Crippen LogP contribution in [0.15, 0.2) is 42.5 Å². The first-order chi connectivity index (χ1) is 10.9. The highest BCUT2D eigenvalue weighted by Crippen LogP contribution is 2.22. The molecule has 0 bridgehead atoms. The monoisotopic (exact) mass is 337 g/mol. The molecule has 5 nitrogen and oxygen atoms in total. The largest absolute Gasteiger partial charge is 0.508 e. The van der Waals surface area contributed by atoms with Gasteiger partial charge in [0.2, 0.25) is 0 Å². The number of benzene rings is 2. The molecular formula is C16H13ClFNO4. The Hall–Kier alpha value is -2.60. The quantitative estimate of drug-likeness (QED) is 0.839. The number of nitrogens with one attached hydrogen (secondary N) is 1. The number of ether oxygens (including phenoxy) is 1. The summed E-state index contributed by atoms with van der Waals surface area (Å²) in [4.78, 5) is 23.9. The van der Waals surface area contributed by atoms with Gasteiger partial charge in [-0.15, -0.1) is 0 Å². The highest BCUT2D eigenvalue weighted by Gasteiger charge is 2.20. The first-order valence-electron chi connectivity index (χ1n) is 6.63. The standard InChI is InChI=1S/C16H13ClFNO4/c1-9(23-16(22)10-3-2-4-12(20)7-10)15(21)19-14-6-5-11(18)8-13(14)17/h2-9,20H,1H3,(H,19,21). The number of hydrogen-bond donors (Lipinski definition) is 2. The molecule has 2 aromatic rings. The van der Waals surface area contributed by atoms with Crippen LogP contribution >= 0.6 is 11.6 Å². The Balaban J connectivity index is 2.01. The van der Waals surface area contributed by atoms with Crippen molar-refractivity contribution in [2.75, 3.05) is 5.32 Å². The zero-order chi connectivity index (χ0) is 17.0. The van der Waals surface area contributed by atoms with Crippen molar-refractivity contribution >= 4 is 29.2 Å². The molecule has 0 aromatic heterocycles. The van der Waals surface area contributed by atoms with Crippen molar-refractivity contribution in [2.45, 2.75) is 13.0 Å². The second kappa shape index (κ2) is 7.11. The number of esters is 1. The summed E-state index contributed by atoms with van der Waals surface area (Å²) in [6.07, 6.45) is -1.11. The average molecular weight is 338 g/mol. The van der Waals surface area contributed by atoms with Gasteiger partial charge in [-0.2, -0.15) is 0 Å². The van der Waals surface area contributed by atoms with E-state index in [1.54, 1.807) is 0 Å². The number of amides is 1. The van der Waals surface area contributed by atoms with E-state index < -0.39 is 23.8 Å². The Bertz CT molecular complexity index is 751. The van der Waals surface area contributed by atoms with Gasteiger partial charge in [0.15, 0.2) is 6.10 Å². The van der Waals surface area contributed by atoms with E-state index in [0.29, 0.717) is 0 Å². The van der Waals surface area contributed by atoms with Crippen LogP contribution in [-0.4, -0.2) is 23.1 Å². The molecular weight excluding hydrogens is 325 g/mol. The SMILES string of the molecule is CC(OC(=O)c1cccc(O)c1)C(=O)Nc1ccc(F)cc1Cl. The number of phenolic OH excluding ortho intramolecular Hbond substituents is 1. The van der Waals surface area contributed by atoms with Crippen LogP contribution in [0, 0.1) is 5.82 Å². The molecule has 7 heteroatoms. The molecule has 1 amide bonds. The lowest BCUT2D eigenvalue weighted by molar-refractivity contribution is -0.123. The minimum atomic E-state index is -1.11. The molecule has 0 fully saturated rings. The highest BCUT2D eigenvalue weighted by atomic mass is 35.5. The molecule has 120 valence electrons. The minimum absolute atomic E-state index is 0.0323. The van der Waals surface area contributed by atoms with Crippen molar-refractivity contribution < 1.29 is 23.8 Å². The van der Waals surface area contributed by atoms with Gasteiger partial charge in [-0.3, -0.25) is 4.79 Å². The maximum Gasteiger partial charge on any atom is 0.339 e. The van der Waals surface area contributed by atoms with Gasteiger partial charge in [-0.05, 0) is 43.3 Å². The van der Waals surface area contributed by atoms with E-state index in [1.807, 2.05) is 0 Å². The van der Waals surface area contributed by atoms with E-state index in [2.05, 4.69) is 5.32 Å². The highest BCUT2D eigenvalue weighted by molar-refractivity contribution is 6.33. The normalized spacial score (nSPS) is 11.6. The smallest absolute Gasteiger partial charge is 0.339 e. The molecule has 0 radical (unpaired) electrons. The Labute approximate surface area is 136 Å². The van der Waals surface area contributed by atoms with E-state index in [1.165, 1.54) is 37.3 Å². The van der Waals surface area contributed by atoms with Crippen molar-refractivity contribution in [1.29, 1.82) is 0 Å². The molecule has 0 saturated heterocycles. The van der Waals surface area contributed by atoms with E-state index in [0.717, 1.165) is 12.1 Å². The van der Waals surface area contributed by atoms with Crippen molar-refractivity contribution in [1.82, 2.24) is 0 Å². The van der Waals surface area contributed by atoms with Crippen LogP contribution in [0.1, 0.15) is 17.3 Å². The fourth-order valence-electron chi connectivity index (χ4n) is 1.74. The summed E-state index contributed by atoms with van der Waals surface area (Å²) in [5, 5.41) is 11.8. The van der Waals surface area contributed by atoms with E-state index >= 15 is 0 Å². The van der Waals surface area contributed by atoms with Crippen LogP contribution in [-0.2, 0) is 9.53 Å². The number of rotatable bonds is 4. The lowest BCUT2D eigenvalue weighted by Crippen LogP contribution is -2.30. The van der Waals surface area contributed by atoms with Gasteiger partial charge in [0.1, 0.15) is 11.6 Å². The predicted octanol–water partition coefficient (Wildman–Crippen LogP) is 3.37. The second-order valence-electron chi connectivity index (χ2n) is 4.71. The molecule has 0 aliphatic rings. The molecule has 23 heavy (non-hydrogen) atoms. The summed E-state index contributed by atoms with van der Waals surface area (Å²) in [5.74, 6) is -1.99. The van der Waals surface area contributed by atoms with Crippen molar-refractivity contribution in [3.8, 4) is 5.75 Å². The summed E-state index contributed by atoms with van der Waals surface area (Å²) in [6.45, 7) is 1.38. The predicted molar refractivity (Wildman–Crippen MR) is 83.0 cm³/mol. The first-order valence-corrected chi connectivity index (χ1v) is 7.00. The molecule has 2 rings (SSSR count). The topological polar surface area (TPSA) is 75.6 Å². The maximum absolute atomic E-state index is 12.9.